The number of alkyl halides is 6. The van der Waals surface area contributed by atoms with Gasteiger partial charge in [0.05, 0.1) is 5.56 Å². The summed E-state index contributed by atoms with van der Waals surface area (Å²) in [6.07, 6.45) is -9.88. The molecule has 0 radical (unpaired) electrons. The summed E-state index contributed by atoms with van der Waals surface area (Å²) in [5.74, 6) is 0.510. The van der Waals surface area contributed by atoms with E-state index in [4.69, 9.17) is 62.1 Å². The van der Waals surface area contributed by atoms with Gasteiger partial charge in [-0.3, -0.25) is 14.4 Å². The number of Topliss-reactive ketones (excluding diaryl/α,β-unsaturated/α-hetero) is 3. The number of ketones is 3. The number of carboxylic acid groups (broad SMARTS) is 1. The molecule has 4 aliphatic rings. The number of nitrogens with two attached hydrogens (primary N) is 1. The molecule has 4 aromatic carbocycles. The van der Waals surface area contributed by atoms with Crippen molar-refractivity contribution in [1.29, 1.82) is 0 Å². The number of rotatable bonds is 8. The van der Waals surface area contributed by atoms with E-state index in [1.54, 1.807) is 18.7 Å². The lowest BCUT2D eigenvalue weighted by molar-refractivity contribution is -0.265. The Kier molecular flexibility index (Phi) is 15.0. The highest BCUT2D eigenvalue weighted by Gasteiger charge is 2.70. The fourth-order valence-electron chi connectivity index (χ4n) is 6.87. The molecule has 8 rings (SSSR count). The molecular weight excluding hydrogens is 990 g/mol. The quantitative estimate of drug-likeness (QED) is 0.129. The van der Waals surface area contributed by atoms with Gasteiger partial charge in [-0.15, -0.1) is 0 Å². The van der Waals surface area contributed by atoms with Crippen molar-refractivity contribution in [3.8, 4) is 0 Å². The Morgan fingerprint density at radius 1 is 0.677 bits per heavy atom. The summed E-state index contributed by atoms with van der Waals surface area (Å²) < 4.78 is 84.4. The molecular formula is C43H33Cl4F6N3O7S2. The van der Waals surface area contributed by atoms with Crippen LogP contribution in [0.15, 0.2) is 83.1 Å². The first-order valence-corrected chi connectivity index (χ1v) is 22.8. The molecule has 0 aliphatic carbocycles. The number of carbonyl (C=O) groups is 4. The maximum atomic E-state index is 14.2. The molecule has 0 bridgehead atoms. The first-order valence-electron chi connectivity index (χ1n) is 19.0. The first-order chi connectivity index (χ1) is 30.4. The second-order valence-corrected chi connectivity index (χ2v) is 19.0. The molecule has 4 heterocycles. The number of aromatic carboxylic acids is 1. The van der Waals surface area contributed by atoms with Crippen molar-refractivity contribution in [2.45, 2.75) is 49.9 Å². The molecule has 0 saturated carbocycles. The van der Waals surface area contributed by atoms with E-state index in [1.165, 1.54) is 67.0 Å². The zero-order chi connectivity index (χ0) is 47.8. The molecule has 2 fully saturated rings. The van der Waals surface area contributed by atoms with Gasteiger partial charge in [0, 0.05) is 71.9 Å². The van der Waals surface area contributed by atoms with E-state index < -0.39 is 63.6 Å². The van der Waals surface area contributed by atoms with Crippen LogP contribution in [0.5, 0.6) is 0 Å². The summed E-state index contributed by atoms with van der Waals surface area (Å²) in [5.41, 5.74) is -2.33. The molecule has 0 aromatic heterocycles. The number of oxime groups is 2. The van der Waals surface area contributed by atoms with E-state index in [-0.39, 0.29) is 48.1 Å². The van der Waals surface area contributed by atoms with Gasteiger partial charge in [-0.05, 0) is 97.0 Å². The predicted octanol–water partition coefficient (Wildman–Crippen LogP) is 10.8. The van der Waals surface area contributed by atoms with E-state index in [0.717, 1.165) is 35.8 Å². The molecule has 2 saturated heterocycles. The molecule has 65 heavy (non-hydrogen) atoms. The van der Waals surface area contributed by atoms with Gasteiger partial charge in [0.15, 0.2) is 17.2 Å². The van der Waals surface area contributed by atoms with Crippen molar-refractivity contribution in [3.05, 3.63) is 137 Å². The van der Waals surface area contributed by atoms with Crippen LogP contribution in [0.2, 0.25) is 20.1 Å². The molecule has 0 spiro atoms. The maximum Gasteiger partial charge on any atom is 0.443 e. The molecule has 4 aromatic rings. The number of halogens is 10. The van der Waals surface area contributed by atoms with Gasteiger partial charge >= 0.3 is 29.5 Å². The monoisotopic (exact) mass is 1020 g/mol. The van der Waals surface area contributed by atoms with Crippen LogP contribution < -0.4 is 5.73 Å². The lowest BCUT2D eigenvalue weighted by atomic mass is 9.84. The normalized spacial score (nSPS) is 20.8. The lowest BCUT2D eigenvalue weighted by Gasteiger charge is -2.28. The number of benzene rings is 4. The van der Waals surface area contributed by atoms with Gasteiger partial charge in [0.2, 0.25) is 11.6 Å². The average Bonchev–Trinajstić information content (AvgIpc) is 3.73. The van der Waals surface area contributed by atoms with E-state index in [2.05, 4.69) is 15.1 Å². The summed E-state index contributed by atoms with van der Waals surface area (Å²) >= 11 is 27.0. The van der Waals surface area contributed by atoms with Crippen LogP contribution in [0.3, 0.4) is 0 Å². The average molecular weight is 1020 g/mol. The van der Waals surface area contributed by atoms with Crippen LogP contribution in [0, 0.1) is 19.8 Å². The molecule has 4 aliphatic heterocycles. The van der Waals surface area contributed by atoms with E-state index in [9.17, 15) is 45.5 Å². The Labute approximate surface area is 395 Å². The van der Waals surface area contributed by atoms with Crippen LogP contribution in [0.1, 0.15) is 60.5 Å². The third-order valence-electron chi connectivity index (χ3n) is 10.3. The van der Waals surface area contributed by atoms with Crippen LogP contribution in [0.25, 0.3) is 0 Å². The van der Waals surface area contributed by atoms with E-state index in [1.807, 2.05) is 11.8 Å². The summed E-state index contributed by atoms with van der Waals surface area (Å²) in [6, 6.07) is 14.8. The Morgan fingerprint density at radius 2 is 1.05 bits per heavy atom. The minimum Gasteiger partial charge on any atom is -0.478 e. The second-order valence-electron chi connectivity index (χ2n) is 15.1. The zero-order valence-corrected chi connectivity index (χ0v) is 38.2. The Morgan fingerprint density at radius 3 is 1.34 bits per heavy atom. The topological polar surface area (TPSA) is 158 Å². The number of thioether (sulfide) groups is 2. The van der Waals surface area contributed by atoms with Crippen molar-refractivity contribution in [1.82, 2.24) is 0 Å². The fraction of sp³-hybridized carbons (Fsp3) is 0.302. The van der Waals surface area contributed by atoms with Gasteiger partial charge in [-0.1, -0.05) is 74.9 Å². The number of nitrogens with zero attached hydrogens (tertiary/aromatic N) is 2. The van der Waals surface area contributed by atoms with Crippen molar-refractivity contribution < 1.29 is 60.3 Å². The van der Waals surface area contributed by atoms with Gasteiger partial charge in [-0.25, -0.2) is 4.79 Å². The summed E-state index contributed by atoms with van der Waals surface area (Å²) in [7, 11) is 0. The number of aryl methyl sites for hydroxylation is 2. The molecule has 3 N–H and O–H groups in total. The second kappa shape index (κ2) is 19.5. The van der Waals surface area contributed by atoms with Crippen LogP contribution in [-0.4, -0.2) is 81.3 Å². The van der Waals surface area contributed by atoms with Gasteiger partial charge < -0.3 is 20.5 Å². The maximum absolute atomic E-state index is 14.2. The molecule has 10 nitrogen and oxygen atoms in total. The highest BCUT2D eigenvalue weighted by atomic mass is 35.5. The van der Waals surface area contributed by atoms with Gasteiger partial charge in [0.1, 0.15) is 0 Å². The molecule has 22 heteroatoms. The standard InChI is InChI=1S/C22H16Cl2F3NO3S.C18H10Cl2F3NO4.C3H7NS/c1-11-4-13(2-3-17(11)18(29)5-12-9-32-10-12)19-20(30)21(31-28-19,22(25,26)27)14-6-15(23)8-16(24)7-14;1-8-4-9(2-3-13(8)16(26)27)14-15(25)17(28-24-14,18(21,22)23)10-5-11(19)7-12(20)6-10;4-3-1-5-2-3/h2-4,6-8,12H,5,9-10H2,1H3;2-7H,1H3,(H,26,27);3H,1-2,4H2. The van der Waals surface area contributed by atoms with Crippen molar-refractivity contribution in [2.24, 2.45) is 22.0 Å². The molecule has 2 unspecified atom stereocenters. The number of hydrogen-bond donors (Lipinski definition) is 2. The highest BCUT2D eigenvalue weighted by molar-refractivity contribution is 8.00. The summed E-state index contributed by atoms with van der Waals surface area (Å²) in [5, 5.41) is 15.6. The number of hydrogen-bond acceptors (Lipinski definition) is 11. The fourth-order valence-corrected chi connectivity index (χ4v) is 9.23. The Hall–Kier alpha value is -4.30. The highest BCUT2D eigenvalue weighted by Crippen LogP contribution is 2.49. The predicted molar refractivity (Wildman–Crippen MR) is 238 cm³/mol. The smallest absolute Gasteiger partial charge is 0.443 e. The van der Waals surface area contributed by atoms with Gasteiger partial charge in [0.25, 0.3) is 0 Å². The molecule has 2 atom stereocenters. The van der Waals surface area contributed by atoms with Crippen molar-refractivity contribution in [2.75, 3.05) is 23.0 Å². The van der Waals surface area contributed by atoms with Crippen molar-refractivity contribution in [3.63, 3.8) is 0 Å². The molecule has 344 valence electrons. The summed E-state index contributed by atoms with van der Waals surface area (Å²) in [6.45, 7) is 3.11. The van der Waals surface area contributed by atoms with Gasteiger partial charge in [-0.2, -0.15) is 49.9 Å². The largest absolute Gasteiger partial charge is 0.478 e. The Balaban J connectivity index is 0.000000195. The van der Waals surface area contributed by atoms with E-state index >= 15 is 0 Å². The molecule has 0 amide bonds. The third-order valence-corrected chi connectivity index (χ3v) is 13.9. The first kappa shape index (κ1) is 50.1. The third kappa shape index (κ3) is 10.2. The number of carbonyl (C=O) groups excluding carboxylic acids is 3. The lowest BCUT2D eigenvalue weighted by Crippen LogP contribution is -2.50. The minimum absolute atomic E-state index is 0.00764. The van der Waals surface area contributed by atoms with Crippen LogP contribution in [0.4, 0.5) is 26.3 Å². The minimum atomic E-state index is -5.17. The van der Waals surface area contributed by atoms with E-state index in [0.29, 0.717) is 29.5 Å². The SMILES string of the molecule is Cc1cc(C2=NOC(c3cc(Cl)cc(Cl)c3)(C(F)(F)F)C2=O)ccc1C(=O)CC1CSC1.Cc1cc(C2=NOC(c3cc(Cl)cc(Cl)c3)(C(F)(F)F)C2=O)ccc1C(=O)O.NC1CSC1. The number of carboxylic acids is 1. The van der Waals surface area contributed by atoms with Crippen LogP contribution >= 0.6 is 69.9 Å². The Bertz CT molecular complexity index is 2600. The summed E-state index contributed by atoms with van der Waals surface area (Å²) in [4.78, 5) is 59.1. The van der Waals surface area contributed by atoms with Crippen LogP contribution in [-0.2, 0) is 30.5 Å². The zero-order valence-electron chi connectivity index (χ0n) is 33.6. The van der Waals surface area contributed by atoms with Crippen molar-refractivity contribution >= 4 is 105 Å².